The molecule has 2 aliphatic heterocycles. The van der Waals surface area contributed by atoms with Crippen LogP contribution < -0.4 is 14.4 Å². The monoisotopic (exact) mass is 283 g/mol. The van der Waals surface area contributed by atoms with Gasteiger partial charge < -0.3 is 18.9 Å². The van der Waals surface area contributed by atoms with Crippen LogP contribution in [0, 0.1) is 0 Å². The fourth-order valence-corrected chi connectivity index (χ4v) is 2.92. The van der Waals surface area contributed by atoms with Crippen molar-refractivity contribution in [3.8, 4) is 11.5 Å². The number of anilines is 1. The Bertz CT molecular complexity index is 489. The smallest absolute Gasteiger partial charge is 0.231 e. The van der Waals surface area contributed by atoms with Gasteiger partial charge in [0.05, 0.1) is 5.88 Å². The van der Waals surface area contributed by atoms with E-state index in [9.17, 15) is 8.76 Å². The normalized spacial score (nSPS) is 20.6. The summed E-state index contributed by atoms with van der Waals surface area (Å²) in [5.74, 6) is 1.68. The highest BCUT2D eigenvalue weighted by Gasteiger charge is 2.20. The van der Waals surface area contributed by atoms with E-state index in [-0.39, 0.29) is 12.7 Å². The summed E-state index contributed by atoms with van der Waals surface area (Å²) >= 11 is -2.00. The maximum Gasteiger partial charge on any atom is 0.231 e. The lowest BCUT2D eigenvalue weighted by Gasteiger charge is -2.36. The van der Waals surface area contributed by atoms with E-state index in [1.165, 1.54) is 0 Å². The Hall–Kier alpha value is -1.31. The minimum atomic E-state index is -2.00. The van der Waals surface area contributed by atoms with Crippen LogP contribution in [0.15, 0.2) is 18.2 Å². The first-order chi connectivity index (χ1) is 9.22. The number of ether oxygens (including phenoxy) is 2. The average molecular weight is 283 g/mol. The zero-order valence-electron chi connectivity index (χ0n) is 10.4. The second kappa shape index (κ2) is 5.36. The lowest BCUT2D eigenvalue weighted by Crippen LogP contribution is -2.47. The number of hydrogen-bond donors (Lipinski definition) is 0. The molecule has 0 saturated carbocycles. The first-order valence-electron chi connectivity index (χ1n) is 6.15. The van der Waals surface area contributed by atoms with Crippen molar-refractivity contribution in [2.75, 3.05) is 43.7 Å². The van der Waals surface area contributed by atoms with E-state index >= 15 is 0 Å². The maximum absolute atomic E-state index is 10.7. The molecule has 0 N–H and O–H groups in total. The van der Waals surface area contributed by atoms with Gasteiger partial charge >= 0.3 is 0 Å². The lowest BCUT2D eigenvalue weighted by molar-refractivity contribution is 0.174. The van der Waals surface area contributed by atoms with Gasteiger partial charge in [-0.3, -0.25) is 9.11 Å². The molecule has 1 unspecified atom stereocenters. The van der Waals surface area contributed by atoms with Gasteiger partial charge in [0.25, 0.3) is 0 Å². The minimum absolute atomic E-state index is 0.120. The molecule has 1 aromatic carbocycles. The molecule has 0 amide bonds. The number of hydrogen-bond acceptors (Lipinski definition) is 6. The second-order valence-electron chi connectivity index (χ2n) is 4.58. The molecule has 2 aliphatic rings. The highest BCUT2D eigenvalue weighted by molar-refractivity contribution is 7.79. The largest absolute Gasteiger partial charge is 0.771 e. The van der Waals surface area contributed by atoms with Gasteiger partial charge in [0.1, 0.15) is 0 Å². The first kappa shape index (κ1) is 12.7. The van der Waals surface area contributed by atoms with E-state index in [1.54, 1.807) is 0 Å². The summed E-state index contributed by atoms with van der Waals surface area (Å²) in [4.78, 5) is 4.17. The van der Waals surface area contributed by atoms with Gasteiger partial charge in [0.15, 0.2) is 11.5 Å². The Morgan fingerprint density at radius 2 is 1.89 bits per heavy atom. The zero-order chi connectivity index (χ0) is 13.2. The van der Waals surface area contributed by atoms with E-state index in [1.807, 2.05) is 23.1 Å². The Morgan fingerprint density at radius 3 is 2.63 bits per heavy atom. The molecule has 1 fully saturated rings. The highest BCUT2D eigenvalue weighted by atomic mass is 32.2. The van der Waals surface area contributed by atoms with Gasteiger partial charge in [-0.25, -0.2) is 0 Å². The van der Waals surface area contributed by atoms with Crippen molar-refractivity contribution < 1.29 is 18.2 Å². The highest BCUT2D eigenvalue weighted by Crippen LogP contribution is 2.35. The van der Waals surface area contributed by atoms with Crippen LogP contribution in [0.25, 0.3) is 0 Å². The second-order valence-corrected chi connectivity index (χ2v) is 5.44. The molecular weight excluding hydrogens is 268 g/mol. The van der Waals surface area contributed by atoms with E-state index in [0.717, 1.165) is 43.4 Å². The molecule has 6 nitrogen and oxygen atoms in total. The molecule has 7 heteroatoms. The van der Waals surface area contributed by atoms with Crippen LogP contribution in [-0.2, 0) is 11.1 Å². The summed E-state index contributed by atoms with van der Waals surface area (Å²) in [6, 6.07) is 5.90. The Kier molecular flexibility index (Phi) is 3.58. The third kappa shape index (κ3) is 2.83. The van der Waals surface area contributed by atoms with Gasteiger partial charge in [-0.2, -0.15) is 0 Å². The number of rotatable bonds is 3. The van der Waals surface area contributed by atoms with Crippen molar-refractivity contribution in [3.63, 3.8) is 0 Å². The lowest BCUT2D eigenvalue weighted by atomic mass is 10.2. The van der Waals surface area contributed by atoms with Gasteiger partial charge in [-0.1, -0.05) is 0 Å². The van der Waals surface area contributed by atoms with Crippen LogP contribution >= 0.6 is 0 Å². The molecule has 1 saturated heterocycles. The average Bonchev–Trinajstić information content (AvgIpc) is 2.86. The number of nitrogens with zero attached hydrogens (tertiary/aromatic N) is 2. The van der Waals surface area contributed by atoms with Crippen LogP contribution in [0.4, 0.5) is 5.69 Å². The van der Waals surface area contributed by atoms with Crippen molar-refractivity contribution in [3.05, 3.63) is 18.2 Å². The summed E-state index contributed by atoms with van der Waals surface area (Å²) in [6.45, 7) is 3.42. The summed E-state index contributed by atoms with van der Waals surface area (Å²) in [6.07, 6.45) is 0. The molecule has 0 aromatic heterocycles. The number of benzene rings is 1. The summed E-state index contributed by atoms with van der Waals surface area (Å²) in [5, 5.41) is 0. The van der Waals surface area contributed by atoms with Crippen LogP contribution in [0.1, 0.15) is 0 Å². The van der Waals surface area contributed by atoms with E-state index < -0.39 is 11.1 Å². The Morgan fingerprint density at radius 1 is 1.16 bits per heavy atom. The molecule has 0 aliphatic carbocycles. The minimum Gasteiger partial charge on any atom is -0.771 e. The predicted molar refractivity (Wildman–Crippen MR) is 70.1 cm³/mol. The van der Waals surface area contributed by atoms with Crippen molar-refractivity contribution in [1.82, 2.24) is 4.90 Å². The standard InChI is InChI=1S/C12H16N2O4S/c15-19(16)8-13-3-5-14(6-4-13)10-1-2-11-12(7-10)18-9-17-11/h1-2,7H,3-6,8-9H2,(H,15,16)/p-1. The number of fused-ring (bicyclic) bond motifs is 1. The van der Waals surface area contributed by atoms with Crippen molar-refractivity contribution in [2.24, 2.45) is 0 Å². The fraction of sp³-hybridized carbons (Fsp3) is 0.500. The van der Waals surface area contributed by atoms with Crippen LogP contribution in [0.3, 0.4) is 0 Å². The molecule has 19 heavy (non-hydrogen) atoms. The van der Waals surface area contributed by atoms with Crippen molar-refractivity contribution >= 4 is 16.8 Å². The molecule has 0 bridgehead atoms. The summed E-state index contributed by atoms with van der Waals surface area (Å²) in [7, 11) is 0. The third-order valence-electron chi connectivity index (χ3n) is 3.38. The maximum atomic E-state index is 10.7. The SMILES string of the molecule is O=S([O-])CN1CCN(c2ccc3c(c2)OCO3)CC1. The third-order valence-corrected chi connectivity index (χ3v) is 3.96. The fourth-order valence-electron chi connectivity index (χ4n) is 2.37. The summed E-state index contributed by atoms with van der Waals surface area (Å²) < 4.78 is 32.0. The predicted octanol–water partition coefficient (Wildman–Crippen LogP) is 0.374. The van der Waals surface area contributed by atoms with Gasteiger partial charge in [-0.15, -0.1) is 0 Å². The molecule has 3 rings (SSSR count). The van der Waals surface area contributed by atoms with E-state index in [0.29, 0.717) is 0 Å². The van der Waals surface area contributed by atoms with Crippen LogP contribution in [0.5, 0.6) is 11.5 Å². The van der Waals surface area contributed by atoms with Crippen molar-refractivity contribution in [1.29, 1.82) is 0 Å². The van der Waals surface area contributed by atoms with E-state index in [4.69, 9.17) is 9.47 Å². The summed E-state index contributed by atoms with van der Waals surface area (Å²) in [5.41, 5.74) is 1.09. The number of piperazine rings is 1. The molecule has 1 atom stereocenters. The molecule has 104 valence electrons. The van der Waals surface area contributed by atoms with E-state index in [2.05, 4.69) is 4.90 Å². The topological polar surface area (TPSA) is 65.1 Å². The first-order valence-corrected chi connectivity index (χ1v) is 7.39. The van der Waals surface area contributed by atoms with Gasteiger partial charge in [-0.05, 0) is 23.2 Å². The molecule has 0 spiro atoms. The quantitative estimate of drug-likeness (QED) is 0.747. The molecule has 1 aromatic rings. The van der Waals surface area contributed by atoms with Crippen LogP contribution in [-0.4, -0.2) is 52.5 Å². The molecule has 0 radical (unpaired) electrons. The van der Waals surface area contributed by atoms with Crippen LogP contribution in [0.2, 0.25) is 0 Å². The molecule has 2 heterocycles. The van der Waals surface area contributed by atoms with Gasteiger partial charge in [0.2, 0.25) is 6.79 Å². The van der Waals surface area contributed by atoms with Gasteiger partial charge in [0, 0.05) is 37.9 Å². The van der Waals surface area contributed by atoms with Crippen molar-refractivity contribution in [2.45, 2.75) is 0 Å². The Balaban J connectivity index is 1.63. The zero-order valence-corrected chi connectivity index (χ0v) is 11.2. The Labute approximate surface area is 114 Å². The molecular formula is C12H15N2O4S-.